The Hall–Kier alpha value is -0.990. The molecular weight excluding hydrogens is 322 g/mol. The lowest BCUT2D eigenvalue weighted by Gasteiger charge is -2.21. The van der Waals surface area contributed by atoms with Crippen LogP contribution in [0.3, 0.4) is 0 Å². The number of benzene rings is 2. The first-order valence-electron chi connectivity index (χ1n) is 6.32. The maximum absolute atomic E-state index is 5.85. The van der Waals surface area contributed by atoms with Crippen LogP contribution < -0.4 is 4.90 Å². The van der Waals surface area contributed by atoms with Gasteiger partial charge in [0.1, 0.15) is 0 Å². The van der Waals surface area contributed by atoms with Crippen LogP contribution in [0, 0.1) is 0 Å². The maximum atomic E-state index is 5.85. The van der Waals surface area contributed by atoms with E-state index in [0.717, 1.165) is 22.1 Å². The molecule has 2 aromatic carbocycles. The zero-order valence-electron chi connectivity index (χ0n) is 11.2. The van der Waals surface area contributed by atoms with Crippen molar-refractivity contribution in [3.05, 3.63) is 58.1 Å². The molecule has 0 saturated carbocycles. The first kappa shape index (κ1) is 14.4. The topological polar surface area (TPSA) is 3.24 Å². The smallest absolute Gasteiger partial charge is 0.0552 e. The largest absolute Gasteiger partial charge is 0.344 e. The molecule has 0 aliphatic heterocycles. The number of nitrogens with zero attached hydrogens (tertiary/aromatic N) is 1. The summed E-state index contributed by atoms with van der Waals surface area (Å²) in [4.78, 5) is 2.17. The molecule has 19 heavy (non-hydrogen) atoms. The Kier molecular flexibility index (Phi) is 4.89. The van der Waals surface area contributed by atoms with E-state index in [4.69, 9.17) is 11.6 Å². The summed E-state index contributed by atoms with van der Waals surface area (Å²) >= 11 is 9.46. The molecule has 0 bridgehead atoms. The molecule has 0 saturated heterocycles. The van der Waals surface area contributed by atoms with Crippen LogP contribution in [0.15, 0.2) is 46.9 Å². The Bertz CT molecular complexity index is 551. The minimum absolute atomic E-state index is 0.536. The third-order valence-electron chi connectivity index (χ3n) is 3.26. The lowest BCUT2D eigenvalue weighted by Crippen LogP contribution is -2.10. The molecule has 3 heteroatoms. The molecule has 1 nitrogen and oxygen atoms in total. The highest BCUT2D eigenvalue weighted by Gasteiger charge is 2.08. The third-order valence-corrected chi connectivity index (χ3v) is 4.20. The standard InChI is InChI=1S/C16H17BrClN/c1-3-12-4-7-14(8-5-12)19(2)16-9-6-13(11-18)10-15(16)17/h4-10H,3,11H2,1-2H3. The van der Waals surface area contributed by atoms with Gasteiger partial charge in [0.25, 0.3) is 0 Å². The van der Waals surface area contributed by atoms with Crippen molar-refractivity contribution < 1.29 is 0 Å². The van der Waals surface area contributed by atoms with Crippen molar-refractivity contribution in [3.8, 4) is 0 Å². The fourth-order valence-electron chi connectivity index (χ4n) is 2.00. The Morgan fingerprint density at radius 3 is 2.21 bits per heavy atom. The lowest BCUT2D eigenvalue weighted by molar-refractivity contribution is 1.13. The van der Waals surface area contributed by atoms with Gasteiger partial charge in [-0.15, -0.1) is 11.6 Å². The van der Waals surface area contributed by atoms with E-state index in [-0.39, 0.29) is 0 Å². The third kappa shape index (κ3) is 3.31. The van der Waals surface area contributed by atoms with E-state index >= 15 is 0 Å². The molecule has 0 spiro atoms. The van der Waals surface area contributed by atoms with Crippen LogP contribution in [0.25, 0.3) is 0 Å². The minimum atomic E-state index is 0.536. The van der Waals surface area contributed by atoms with Gasteiger partial charge in [0.05, 0.1) is 5.69 Å². The highest BCUT2D eigenvalue weighted by molar-refractivity contribution is 9.10. The van der Waals surface area contributed by atoms with Crippen molar-refractivity contribution in [1.82, 2.24) is 0 Å². The number of hydrogen-bond donors (Lipinski definition) is 0. The first-order chi connectivity index (χ1) is 9.15. The summed E-state index contributed by atoms with van der Waals surface area (Å²) < 4.78 is 1.06. The van der Waals surface area contributed by atoms with Gasteiger partial charge in [-0.25, -0.2) is 0 Å². The van der Waals surface area contributed by atoms with Crippen LogP contribution in [0.4, 0.5) is 11.4 Å². The summed E-state index contributed by atoms with van der Waals surface area (Å²) in [5.74, 6) is 0.536. The van der Waals surface area contributed by atoms with E-state index in [2.05, 4.69) is 77.3 Å². The fraction of sp³-hybridized carbons (Fsp3) is 0.250. The molecule has 0 heterocycles. The van der Waals surface area contributed by atoms with Crippen LogP contribution >= 0.6 is 27.5 Å². The second kappa shape index (κ2) is 6.44. The molecule has 0 unspecified atom stereocenters. The molecular formula is C16H17BrClN. The van der Waals surface area contributed by atoms with Gasteiger partial charge in [-0.05, 0) is 57.7 Å². The van der Waals surface area contributed by atoms with Crippen LogP contribution in [-0.4, -0.2) is 7.05 Å². The molecule has 0 amide bonds. The second-order valence-corrected chi connectivity index (χ2v) is 5.62. The number of anilines is 2. The number of alkyl halides is 1. The maximum Gasteiger partial charge on any atom is 0.0552 e. The molecule has 2 aromatic rings. The Morgan fingerprint density at radius 1 is 1.05 bits per heavy atom. The van der Waals surface area contributed by atoms with Gasteiger partial charge in [-0.2, -0.15) is 0 Å². The average Bonchev–Trinajstić information content (AvgIpc) is 2.46. The Balaban J connectivity index is 2.29. The summed E-state index contributed by atoms with van der Waals surface area (Å²) in [6, 6.07) is 14.9. The number of rotatable bonds is 4. The van der Waals surface area contributed by atoms with Crippen molar-refractivity contribution in [1.29, 1.82) is 0 Å². The Morgan fingerprint density at radius 2 is 1.68 bits per heavy atom. The van der Waals surface area contributed by atoms with E-state index in [0.29, 0.717) is 5.88 Å². The SMILES string of the molecule is CCc1ccc(N(C)c2ccc(CCl)cc2Br)cc1. The zero-order valence-corrected chi connectivity index (χ0v) is 13.5. The van der Waals surface area contributed by atoms with Crippen LogP contribution in [-0.2, 0) is 12.3 Å². The van der Waals surface area contributed by atoms with Crippen LogP contribution in [0.1, 0.15) is 18.1 Å². The van der Waals surface area contributed by atoms with Crippen LogP contribution in [0.2, 0.25) is 0 Å². The Labute approximate surface area is 128 Å². The summed E-state index contributed by atoms with van der Waals surface area (Å²) in [6.45, 7) is 2.17. The van der Waals surface area contributed by atoms with Crippen molar-refractivity contribution in [3.63, 3.8) is 0 Å². The summed E-state index contributed by atoms with van der Waals surface area (Å²) in [7, 11) is 2.07. The monoisotopic (exact) mass is 337 g/mol. The van der Waals surface area contributed by atoms with Crippen molar-refractivity contribution in [2.24, 2.45) is 0 Å². The fourth-order valence-corrected chi connectivity index (χ4v) is 2.86. The van der Waals surface area contributed by atoms with Gasteiger partial charge < -0.3 is 4.90 Å². The van der Waals surface area contributed by atoms with Crippen molar-refractivity contribution in [2.45, 2.75) is 19.2 Å². The molecule has 0 atom stereocenters. The first-order valence-corrected chi connectivity index (χ1v) is 7.65. The van der Waals surface area contributed by atoms with Crippen LogP contribution in [0.5, 0.6) is 0 Å². The molecule has 0 aliphatic carbocycles. The highest BCUT2D eigenvalue weighted by atomic mass is 79.9. The van der Waals surface area contributed by atoms with E-state index in [1.807, 2.05) is 0 Å². The average molecular weight is 339 g/mol. The van der Waals surface area contributed by atoms with E-state index in [1.165, 1.54) is 11.3 Å². The second-order valence-electron chi connectivity index (χ2n) is 4.50. The molecule has 0 N–H and O–H groups in total. The summed E-state index contributed by atoms with van der Waals surface area (Å²) in [6.07, 6.45) is 1.07. The molecule has 2 rings (SSSR count). The molecule has 0 fully saturated rings. The molecule has 100 valence electrons. The normalized spacial score (nSPS) is 10.5. The molecule has 0 aromatic heterocycles. The van der Waals surface area contributed by atoms with Gasteiger partial charge >= 0.3 is 0 Å². The van der Waals surface area contributed by atoms with E-state index in [9.17, 15) is 0 Å². The van der Waals surface area contributed by atoms with Gasteiger partial charge in [0.15, 0.2) is 0 Å². The van der Waals surface area contributed by atoms with Gasteiger partial charge in [0, 0.05) is 23.1 Å². The molecule has 0 radical (unpaired) electrons. The van der Waals surface area contributed by atoms with Crippen molar-refractivity contribution >= 4 is 38.9 Å². The van der Waals surface area contributed by atoms with Crippen molar-refractivity contribution in [2.75, 3.05) is 11.9 Å². The molecule has 0 aliphatic rings. The summed E-state index contributed by atoms with van der Waals surface area (Å²) in [5, 5.41) is 0. The quantitative estimate of drug-likeness (QED) is 0.664. The van der Waals surface area contributed by atoms with Gasteiger partial charge in [-0.1, -0.05) is 25.1 Å². The summed E-state index contributed by atoms with van der Waals surface area (Å²) in [5.41, 5.74) is 4.79. The minimum Gasteiger partial charge on any atom is -0.344 e. The van der Waals surface area contributed by atoms with E-state index in [1.54, 1.807) is 0 Å². The van der Waals surface area contributed by atoms with E-state index < -0.39 is 0 Å². The number of halogens is 2. The van der Waals surface area contributed by atoms with Gasteiger partial charge in [-0.3, -0.25) is 0 Å². The predicted molar refractivity (Wildman–Crippen MR) is 87.6 cm³/mol. The number of aryl methyl sites for hydroxylation is 1. The zero-order chi connectivity index (χ0) is 13.8. The van der Waals surface area contributed by atoms with Gasteiger partial charge in [0.2, 0.25) is 0 Å². The highest BCUT2D eigenvalue weighted by Crippen LogP contribution is 2.32. The lowest BCUT2D eigenvalue weighted by atomic mass is 10.1. The number of hydrogen-bond acceptors (Lipinski definition) is 1. The predicted octanol–water partition coefficient (Wildman–Crippen LogP) is 5.52.